The maximum atomic E-state index is 9.79. The van der Waals surface area contributed by atoms with E-state index in [1.807, 2.05) is 30.3 Å². The zero-order chi connectivity index (χ0) is 17.8. The van der Waals surface area contributed by atoms with E-state index in [4.69, 9.17) is 4.42 Å². The molecule has 4 rings (SSSR count). The fourth-order valence-corrected chi connectivity index (χ4v) is 3.43. The van der Waals surface area contributed by atoms with Gasteiger partial charge >= 0.3 is 0 Å². The van der Waals surface area contributed by atoms with E-state index in [0.717, 1.165) is 37.1 Å². The first-order chi connectivity index (χ1) is 12.8. The number of nitrogens with zero attached hydrogens (tertiary/aromatic N) is 5. The quantitative estimate of drug-likeness (QED) is 0.722. The third kappa shape index (κ3) is 3.22. The maximum Gasteiger partial charge on any atom is 0.249 e. The first-order valence-electron chi connectivity index (χ1n) is 8.71. The molecular weight excluding hydrogens is 326 g/mol. The van der Waals surface area contributed by atoms with Crippen molar-refractivity contribution < 1.29 is 4.42 Å². The number of pyridine rings is 1. The maximum absolute atomic E-state index is 9.79. The molecule has 6 heteroatoms. The van der Waals surface area contributed by atoms with E-state index in [2.05, 4.69) is 38.3 Å². The number of nitriles is 1. The van der Waals surface area contributed by atoms with Gasteiger partial charge < -0.3 is 4.42 Å². The standard InChI is InChI=1S/C20H19N5O/c21-15-20(17-6-2-1-3-7-17)8-11-25(12-9-20)14-18-23-24-19(26-18)16-5-4-10-22-13-16/h1-7,10,13H,8-9,11-12,14H2. The minimum Gasteiger partial charge on any atom is -0.419 e. The largest absolute Gasteiger partial charge is 0.419 e. The van der Waals surface area contributed by atoms with Crippen LogP contribution in [0.5, 0.6) is 0 Å². The van der Waals surface area contributed by atoms with Crippen LogP contribution in [-0.4, -0.2) is 33.2 Å². The highest BCUT2D eigenvalue weighted by Crippen LogP contribution is 2.35. The van der Waals surface area contributed by atoms with E-state index in [1.54, 1.807) is 12.4 Å². The molecule has 0 spiro atoms. The molecule has 1 aliphatic heterocycles. The van der Waals surface area contributed by atoms with Gasteiger partial charge in [0, 0.05) is 25.5 Å². The number of hydrogen-bond donors (Lipinski definition) is 0. The molecule has 3 aromatic rings. The van der Waals surface area contributed by atoms with Crippen LogP contribution in [0.1, 0.15) is 24.3 Å². The Balaban J connectivity index is 1.42. The number of piperidine rings is 1. The van der Waals surface area contributed by atoms with Gasteiger partial charge in [0.05, 0.1) is 23.6 Å². The van der Waals surface area contributed by atoms with Crippen molar-refractivity contribution in [2.75, 3.05) is 13.1 Å². The summed E-state index contributed by atoms with van der Waals surface area (Å²) in [7, 11) is 0. The van der Waals surface area contributed by atoms with Crippen LogP contribution in [0.2, 0.25) is 0 Å². The monoisotopic (exact) mass is 345 g/mol. The van der Waals surface area contributed by atoms with E-state index in [-0.39, 0.29) is 0 Å². The van der Waals surface area contributed by atoms with Gasteiger partial charge in [0.25, 0.3) is 0 Å². The normalized spacial score (nSPS) is 16.9. The summed E-state index contributed by atoms with van der Waals surface area (Å²) in [5, 5.41) is 18.0. The smallest absolute Gasteiger partial charge is 0.249 e. The zero-order valence-corrected chi connectivity index (χ0v) is 14.4. The first-order valence-corrected chi connectivity index (χ1v) is 8.71. The topological polar surface area (TPSA) is 78.8 Å². The first kappa shape index (κ1) is 16.4. The van der Waals surface area contributed by atoms with E-state index < -0.39 is 5.41 Å². The number of benzene rings is 1. The highest BCUT2D eigenvalue weighted by atomic mass is 16.4. The molecule has 0 amide bonds. The Morgan fingerprint density at radius 3 is 2.58 bits per heavy atom. The van der Waals surface area contributed by atoms with Crippen molar-refractivity contribution in [1.82, 2.24) is 20.1 Å². The summed E-state index contributed by atoms with van der Waals surface area (Å²) >= 11 is 0. The van der Waals surface area contributed by atoms with Crippen molar-refractivity contribution in [2.45, 2.75) is 24.8 Å². The van der Waals surface area contributed by atoms with E-state index >= 15 is 0 Å². The van der Waals surface area contributed by atoms with Gasteiger partial charge in [0.1, 0.15) is 0 Å². The number of rotatable bonds is 4. The average molecular weight is 345 g/mol. The van der Waals surface area contributed by atoms with Crippen LogP contribution < -0.4 is 0 Å². The Hall–Kier alpha value is -3.04. The molecule has 0 saturated carbocycles. The molecule has 0 radical (unpaired) electrons. The lowest BCUT2D eigenvalue weighted by Gasteiger charge is -2.37. The summed E-state index contributed by atoms with van der Waals surface area (Å²) in [6.07, 6.45) is 5.02. The lowest BCUT2D eigenvalue weighted by molar-refractivity contribution is 0.166. The second kappa shape index (κ2) is 7.06. The molecule has 0 atom stereocenters. The fraction of sp³-hybridized carbons (Fsp3) is 0.300. The van der Waals surface area contributed by atoms with Gasteiger partial charge in [-0.3, -0.25) is 9.88 Å². The third-order valence-electron chi connectivity index (χ3n) is 4.98. The number of likely N-dealkylation sites (tertiary alicyclic amines) is 1. The van der Waals surface area contributed by atoms with Crippen molar-refractivity contribution in [3.8, 4) is 17.5 Å². The summed E-state index contributed by atoms with van der Waals surface area (Å²) < 4.78 is 5.77. The lowest BCUT2D eigenvalue weighted by atomic mass is 9.74. The van der Waals surface area contributed by atoms with Gasteiger partial charge in [-0.1, -0.05) is 30.3 Å². The van der Waals surface area contributed by atoms with Crippen LogP contribution in [0, 0.1) is 11.3 Å². The fourth-order valence-electron chi connectivity index (χ4n) is 3.43. The van der Waals surface area contributed by atoms with Crippen molar-refractivity contribution in [2.24, 2.45) is 0 Å². The molecule has 0 unspecified atom stereocenters. The van der Waals surface area contributed by atoms with Crippen molar-refractivity contribution in [3.05, 3.63) is 66.3 Å². The molecule has 6 nitrogen and oxygen atoms in total. The Bertz CT molecular complexity index is 893. The van der Waals surface area contributed by atoms with Crippen molar-refractivity contribution in [1.29, 1.82) is 5.26 Å². The number of hydrogen-bond acceptors (Lipinski definition) is 6. The van der Waals surface area contributed by atoms with Crippen LogP contribution in [0.3, 0.4) is 0 Å². The Morgan fingerprint density at radius 1 is 1.08 bits per heavy atom. The van der Waals surface area contributed by atoms with Crippen LogP contribution >= 0.6 is 0 Å². The number of aromatic nitrogens is 3. The van der Waals surface area contributed by atoms with Gasteiger partial charge in [0.2, 0.25) is 11.8 Å². The average Bonchev–Trinajstić information content (AvgIpc) is 3.19. The van der Waals surface area contributed by atoms with E-state index in [1.165, 1.54) is 0 Å². The highest BCUT2D eigenvalue weighted by molar-refractivity contribution is 5.49. The zero-order valence-electron chi connectivity index (χ0n) is 14.4. The second-order valence-electron chi connectivity index (χ2n) is 6.58. The molecule has 26 heavy (non-hydrogen) atoms. The van der Waals surface area contributed by atoms with E-state index in [0.29, 0.717) is 18.3 Å². The highest BCUT2D eigenvalue weighted by Gasteiger charge is 2.36. The minimum absolute atomic E-state index is 0.395. The summed E-state index contributed by atoms with van der Waals surface area (Å²) in [4.78, 5) is 6.33. The summed E-state index contributed by atoms with van der Waals surface area (Å²) in [5.41, 5.74) is 1.53. The van der Waals surface area contributed by atoms with Gasteiger partial charge in [-0.2, -0.15) is 5.26 Å². The summed E-state index contributed by atoms with van der Waals surface area (Å²) in [6.45, 7) is 2.25. The van der Waals surface area contributed by atoms with Crippen molar-refractivity contribution in [3.63, 3.8) is 0 Å². The molecule has 0 bridgehead atoms. The van der Waals surface area contributed by atoms with E-state index in [9.17, 15) is 5.26 Å². The predicted octanol–water partition coefficient (Wildman–Crippen LogP) is 3.19. The molecule has 130 valence electrons. The molecule has 0 N–H and O–H groups in total. The van der Waals surface area contributed by atoms with Crippen LogP contribution in [0.4, 0.5) is 0 Å². The minimum atomic E-state index is -0.395. The SMILES string of the molecule is N#CC1(c2ccccc2)CCN(Cc2nnc(-c3cccnc3)o2)CC1. The van der Waals surface area contributed by atoms with Gasteiger partial charge in [-0.05, 0) is 30.5 Å². The van der Waals surface area contributed by atoms with Crippen molar-refractivity contribution >= 4 is 0 Å². The van der Waals surface area contributed by atoms with Gasteiger partial charge in [-0.25, -0.2) is 0 Å². The van der Waals surface area contributed by atoms with Crippen LogP contribution in [-0.2, 0) is 12.0 Å². The predicted molar refractivity (Wildman–Crippen MR) is 95.8 cm³/mol. The molecule has 1 aromatic carbocycles. The third-order valence-corrected chi connectivity index (χ3v) is 4.98. The Labute approximate surface area is 152 Å². The Kier molecular flexibility index (Phi) is 4.46. The molecule has 0 aliphatic carbocycles. The van der Waals surface area contributed by atoms with Gasteiger partial charge in [0.15, 0.2) is 0 Å². The molecule has 1 aliphatic rings. The van der Waals surface area contributed by atoms with Gasteiger partial charge in [-0.15, -0.1) is 10.2 Å². The molecular formula is C20H19N5O. The molecule has 3 heterocycles. The summed E-state index contributed by atoms with van der Waals surface area (Å²) in [6, 6.07) is 16.4. The Morgan fingerprint density at radius 2 is 1.88 bits per heavy atom. The van der Waals surface area contributed by atoms with Crippen LogP contribution in [0.15, 0.2) is 59.3 Å². The molecule has 1 fully saturated rings. The molecule has 1 saturated heterocycles. The lowest BCUT2D eigenvalue weighted by Crippen LogP contribution is -2.41. The van der Waals surface area contributed by atoms with Crippen LogP contribution in [0.25, 0.3) is 11.5 Å². The second-order valence-corrected chi connectivity index (χ2v) is 6.58. The molecule has 2 aromatic heterocycles. The summed E-state index contributed by atoms with van der Waals surface area (Å²) in [5.74, 6) is 1.08.